The maximum absolute atomic E-state index is 10.6. The first kappa shape index (κ1) is 42.7. The Hall–Kier alpha value is -5.47. The highest BCUT2D eigenvalue weighted by atomic mass is 19.4. The summed E-state index contributed by atoms with van der Waals surface area (Å²) in [6.07, 6.45) is -10.9. The molecule has 4 N–H and O–H groups in total. The molecule has 0 aliphatic carbocycles. The van der Waals surface area contributed by atoms with Gasteiger partial charge in [-0.25, -0.2) is 23.9 Å². The van der Waals surface area contributed by atoms with Crippen LogP contribution in [0.15, 0.2) is 66.9 Å². The summed E-state index contributed by atoms with van der Waals surface area (Å²) in [5.41, 5.74) is 5.41. The van der Waals surface area contributed by atoms with E-state index < -0.39 is 36.4 Å². The van der Waals surface area contributed by atoms with Crippen LogP contribution in [0.3, 0.4) is 0 Å². The van der Waals surface area contributed by atoms with Crippen LogP contribution in [0.5, 0.6) is 0 Å². The molecule has 4 heterocycles. The van der Waals surface area contributed by atoms with Crippen LogP contribution < -0.4 is 5.32 Å². The molecule has 12 nitrogen and oxygen atoms in total. The van der Waals surface area contributed by atoms with Crippen molar-refractivity contribution in [2.24, 2.45) is 0 Å². The summed E-state index contributed by atoms with van der Waals surface area (Å²) in [7, 11) is 0. The van der Waals surface area contributed by atoms with Crippen LogP contribution in [0.4, 0.5) is 45.2 Å². The topological polar surface area (TPSA) is 170 Å². The third-order valence-electron chi connectivity index (χ3n) is 6.62. The molecule has 5 rings (SSSR count). The predicted octanol–water partition coefficient (Wildman–Crippen LogP) is 6.32. The fraction of sp³-hybridized carbons (Fsp3) is 0.355. The number of aromatic nitrogens is 4. The second-order valence-electron chi connectivity index (χ2n) is 10.8. The molecule has 1 aromatic carbocycles. The Morgan fingerprint density at radius 3 is 1.87 bits per heavy atom. The molecular formula is C31H31F9N6O6. The zero-order chi connectivity index (χ0) is 39.3. The van der Waals surface area contributed by atoms with Crippen molar-refractivity contribution < 1.29 is 69.2 Å². The third-order valence-corrected chi connectivity index (χ3v) is 6.62. The van der Waals surface area contributed by atoms with Crippen LogP contribution in [0, 0.1) is 6.92 Å². The maximum atomic E-state index is 10.6. The zero-order valence-corrected chi connectivity index (χ0v) is 26.9. The van der Waals surface area contributed by atoms with E-state index in [1.165, 1.54) is 5.56 Å². The lowest BCUT2D eigenvalue weighted by atomic mass is 9.97. The van der Waals surface area contributed by atoms with Gasteiger partial charge in [0.1, 0.15) is 0 Å². The second kappa shape index (κ2) is 18.7. The summed E-state index contributed by atoms with van der Waals surface area (Å²) < 4.78 is 97.1. The minimum Gasteiger partial charge on any atom is -0.475 e. The van der Waals surface area contributed by atoms with Gasteiger partial charge in [-0.1, -0.05) is 36.4 Å². The van der Waals surface area contributed by atoms with Gasteiger partial charge in [0.15, 0.2) is 11.5 Å². The van der Waals surface area contributed by atoms with Crippen LogP contribution in [-0.4, -0.2) is 89.3 Å². The number of nitrogens with one attached hydrogen (secondary N) is 1. The lowest BCUT2D eigenvalue weighted by Crippen LogP contribution is -2.34. The van der Waals surface area contributed by atoms with Crippen molar-refractivity contribution >= 4 is 29.2 Å². The molecule has 3 aromatic heterocycles. The van der Waals surface area contributed by atoms with Gasteiger partial charge in [0.2, 0.25) is 0 Å². The Labute approximate surface area is 288 Å². The minimum absolute atomic E-state index is 0.360. The van der Waals surface area contributed by atoms with Crippen molar-refractivity contribution in [2.75, 3.05) is 18.4 Å². The number of pyridine rings is 2. The molecule has 284 valence electrons. The molecule has 0 saturated carbocycles. The minimum atomic E-state index is -5.08. The van der Waals surface area contributed by atoms with Crippen molar-refractivity contribution in [1.82, 2.24) is 24.5 Å². The van der Waals surface area contributed by atoms with Gasteiger partial charge in [0.05, 0.1) is 17.6 Å². The summed E-state index contributed by atoms with van der Waals surface area (Å²) >= 11 is 0. The van der Waals surface area contributed by atoms with E-state index >= 15 is 0 Å². The number of aryl methyl sites for hydroxylation is 1. The van der Waals surface area contributed by atoms with Crippen molar-refractivity contribution in [3.05, 3.63) is 89.6 Å². The summed E-state index contributed by atoms with van der Waals surface area (Å²) in [6.45, 7) is 5.81. The van der Waals surface area contributed by atoms with Gasteiger partial charge in [-0.15, -0.1) is 0 Å². The molecule has 0 radical (unpaired) electrons. The van der Waals surface area contributed by atoms with Gasteiger partial charge in [0, 0.05) is 31.2 Å². The largest absolute Gasteiger partial charge is 0.490 e. The molecule has 0 spiro atoms. The van der Waals surface area contributed by atoms with Crippen LogP contribution in [0.25, 0.3) is 5.65 Å². The molecule has 1 saturated heterocycles. The van der Waals surface area contributed by atoms with E-state index in [4.69, 9.17) is 39.8 Å². The number of hydrogen-bond donors (Lipinski definition) is 4. The number of carbonyl (C=O) groups is 3. The fourth-order valence-corrected chi connectivity index (χ4v) is 4.30. The lowest BCUT2D eigenvalue weighted by Gasteiger charge is -2.31. The number of benzene rings is 1. The number of carboxylic acid groups (broad SMARTS) is 3. The van der Waals surface area contributed by atoms with E-state index in [1.807, 2.05) is 35.8 Å². The lowest BCUT2D eigenvalue weighted by molar-refractivity contribution is -0.193. The van der Waals surface area contributed by atoms with E-state index in [9.17, 15) is 39.5 Å². The van der Waals surface area contributed by atoms with E-state index in [-0.39, 0.29) is 0 Å². The SMILES string of the molecule is Cc1cccc(CN2CCCC(c3nc4ccc(NCc5ccccc5)cn4n3)C2)n1.O=C(O)C(F)(F)F.O=C(O)C(F)(F)F.O=C(O)C(F)(F)F. The quantitative estimate of drug-likeness (QED) is 0.162. The monoisotopic (exact) mass is 754 g/mol. The predicted molar refractivity (Wildman–Crippen MR) is 164 cm³/mol. The fourth-order valence-electron chi connectivity index (χ4n) is 4.30. The second-order valence-corrected chi connectivity index (χ2v) is 10.8. The number of aliphatic carboxylic acids is 3. The number of nitrogens with zero attached hydrogens (tertiary/aromatic N) is 5. The highest BCUT2D eigenvalue weighted by molar-refractivity contribution is 5.73. The highest BCUT2D eigenvalue weighted by Crippen LogP contribution is 2.26. The number of anilines is 1. The molecular weight excluding hydrogens is 723 g/mol. The number of alkyl halides is 9. The smallest absolute Gasteiger partial charge is 0.475 e. The average Bonchev–Trinajstić information content (AvgIpc) is 3.48. The first-order valence-electron chi connectivity index (χ1n) is 14.8. The Kier molecular flexibility index (Phi) is 15.3. The molecule has 52 heavy (non-hydrogen) atoms. The summed E-state index contributed by atoms with van der Waals surface area (Å²) in [4.78, 5) is 38.7. The van der Waals surface area contributed by atoms with Crippen molar-refractivity contribution in [1.29, 1.82) is 0 Å². The molecule has 0 bridgehead atoms. The Bertz CT molecular complexity index is 1710. The number of hydrogen-bond acceptors (Lipinski definition) is 8. The number of piperidine rings is 1. The van der Waals surface area contributed by atoms with Crippen LogP contribution >= 0.6 is 0 Å². The Morgan fingerprint density at radius 1 is 0.788 bits per heavy atom. The van der Waals surface area contributed by atoms with Crippen molar-refractivity contribution in [3.8, 4) is 0 Å². The van der Waals surface area contributed by atoms with Crippen LogP contribution in [0.2, 0.25) is 0 Å². The van der Waals surface area contributed by atoms with Gasteiger partial charge >= 0.3 is 36.4 Å². The van der Waals surface area contributed by atoms with E-state index in [0.29, 0.717) is 5.92 Å². The summed E-state index contributed by atoms with van der Waals surface area (Å²) in [5, 5.41) is 29.7. The van der Waals surface area contributed by atoms with Gasteiger partial charge in [-0.05, 0) is 56.1 Å². The van der Waals surface area contributed by atoms with Gasteiger partial charge in [-0.2, -0.15) is 44.6 Å². The van der Waals surface area contributed by atoms with E-state index in [2.05, 4.69) is 57.7 Å². The maximum Gasteiger partial charge on any atom is 0.490 e. The normalized spacial score (nSPS) is 14.8. The first-order chi connectivity index (χ1) is 24.1. The van der Waals surface area contributed by atoms with Crippen LogP contribution in [-0.2, 0) is 27.5 Å². The molecule has 1 unspecified atom stereocenters. The number of halogens is 9. The number of likely N-dealkylation sites (tertiary alicyclic amines) is 1. The highest BCUT2D eigenvalue weighted by Gasteiger charge is 2.39. The van der Waals surface area contributed by atoms with Crippen molar-refractivity contribution in [3.63, 3.8) is 0 Å². The molecule has 21 heteroatoms. The van der Waals surface area contributed by atoms with E-state index in [0.717, 1.165) is 67.6 Å². The Morgan fingerprint density at radius 2 is 1.35 bits per heavy atom. The number of carboxylic acids is 3. The molecule has 1 aliphatic heterocycles. The number of rotatable bonds is 6. The van der Waals surface area contributed by atoms with Gasteiger partial charge < -0.3 is 20.6 Å². The number of fused-ring (bicyclic) bond motifs is 1. The first-order valence-corrected chi connectivity index (χ1v) is 14.8. The molecule has 4 aromatic rings. The zero-order valence-electron chi connectivity index (χ0n) is 26.9. The molecule has 0 amide bonds. The molecule has 1 aliphatic rings. The third kappa shape index (κ3) is 15.2. The standard InChI is InChI=1S/C25H28N6.3C2HF3O2/c1-19-7-5-11-23(27-19)17-30-14-6-10-21(16-30)25-28-24-13-12-22(18-31(24)29-25)26-15-20-8-3-2-4-9-20;3*3-2(4,5)1(6)7/h2-5,7-9,11-13,18,21,26H,6,10,14-17H2,1H3;3*(H,6,7). The average molecular weight is 755 g/mol. The van der Waals surface area contributed by atoms with Gasteiger partial charge in [0.25, 0.3) is 0 Å². The Balaban J connectivity index is 0.000000365. The van der Waals surface area contributed by atoms with Crippen molar-refractivity contribution in [2.45, 2.75) is 57.3 Å². The summed E-state index contributed by atoms with van der Waals surface area (Å²) in [5.74, 6) is -6.96. The van der Waals surface area contributed by atoms with Gasteiger partial charge in [-0.3, -0.25) is 9.88 Å². The summed E-state index contributed by atoms with van der Waals surface area (Å²) in [6, 6.07) is 20.8. The van der Waals surface area contributed by atoms with E-state index in [1.54, 1.807) is 0 Å². The molecule has 1 fully saturated rings. The van der Waals surface area contributed by atoms with Crippen LogP contribution in [0.1, 0.15) is 41.5 Å². The molecule has 1 atom stereocenters.